The summed E-state index contributed by atoms with van der Waals surface area (Å²) in [5, 5.41) is 3.25. The third-order valence-corrected chi connectivity index (χ3v) is 2.70. The molecule has 104 valence electrons. The standard InChI is InChI=1S/C12H25F3N2/c1-5-7-11(16-6-2)8-17(10(3)4)9-12(13,14)15/h10-11,16H,5-9H2,1-4H3. The summed E-state index contributed by atoms with van der Waals surface area (Å²) in [5.41, 5.74) is 0. The third-order valence-electron chi connectivity index (χ3n) is 2.70. The molecular formula is C12H25F3N2. The van der Waals surface area contributed by atoms with Crippen molar-refractivity contribution >= 4 is 0 Å². The zero-order chi connectivity index (χ0) is 13.5. The molecule has 1 atom stereocenters. The zero-order valence-electron chi connectivity index (χ0n) is 11.3. The predicted molar refractivity (Wildman–Crippen MR) is 65.1 cm³/mol. The molecule has 0 aromatic rings. The third kappa shape index (κ3) is 8.44. The molecule has 0 radical (unpaired) electrons. The molecule has 0 aromatic carbocycles. The van der Waals surface area contributed by atoms with Gasteiger partial charge in [0.25, 0.3) is 0 Å². The first-order chi connectivity index (χ1) is 7.80. The number of nitrogens with zero attached hydrogens (tertiary/aromatic N) is 1. The topological polar surface area (TPSA) is 15.3 Å². The van der Waals surface area contributed by atoms with Crippen LogP contribution in [-0.4, -0.2) is 42.8 Å². The van der Waals surface area contributed by atoms with Crippen LogP contribution in [0.25, 0.3) is 0 Å². The average molecular weight is 254 g/mol. The van der Waals surface area contributed by atoms with Crippen molar-refractivity contribution in [1.82, 2.24) is 10.2 Å². The molecule has 0 spiro atoms. The minimum Gasteiger partial charge on any atom is -0.313 e. The number of hydrogen-bond donors (Lipinski definition) is 1. The van der Waals surface area contributed by atoms with Gasteiger partial charge in [-0.25, -0.2) is 0 Å². The van der Waals surface area contributed by atoms with E-state index in [1.54, 1.807) is 13.8 Å². The SMILES string of the molecule is CCCC(CN(CC(F)(F)F)C(C)C)NCC. The van der Waals surface area contributed by atoms with Crippen molar-refractivity contribution < 1.29 is 13.2 Å². The predicted octanol–water partition coefficient (Wildman–Crippen LogP) is 3.04. The lowest BCUT2D eigenvalue weighted by Gasteiger charge is -2.31. The molecule has 0 amide bonds. The quantitative estimate of drug-likeness (QED) is 0.716. The Bertz CT molecular complexity index is 187. The lowest BCUT2D eigenvalue weighted by atomic mass is 10.1. The van der Waals surface area contributed by atoms with Crippen molar-refractivity contribution in [3.05, 3.63) is 0 Å². The van der Waals surface area contributed by atoms with Gasteiger partial charge in [0.2, 0.25) is 0 Å². The van der Waals surface area contributed by atoms with Crippen LogP contribution < -0.4 is 5.32 Å². The molecule has 0 aromatic heterocycles. The van der Waals surface area contributed by atoms with Gasteiger partial charge in [-0.3, -0.25) is 4.90 Å². The summed E-state index contributed by atoms with van der Waals surface area (Å²) in [4.78, 5) is 1.49. The van der Waals surface area contributed by atoms with Gasteiger partial charge in [-0.2, -0.15) is 13.2 Å². The van der Waals surface area contributed by atoms with E-state index in [2.05, 4.69) is 5.32 Å². The van der Waals surface area contributed by atoms with E-state index in [4.69, 9.17) is 0 Å². The van der Waals surface area contributed by atoms with E-state index in [0.717, 1.165) is 19.4 Å². The van der Waals surface area contributed by atoms with E-state index in [1.807, 2.05) is 13.8 Å². The second-order valence-corrected chi connectivity index (χ2v) is 4.68. The average Bonchev–Trinajstić information content (AvgIpc) is 2.15. The highest BCUT2D eigenvalue weighted by atomic mass is 19.4. The van der Waals surface area contributed by atoms with Gasteiger partial charge in [0.15, 0.2) is 0 Å². The van der Waals surface area contributed by atoms with Crippen molar-refractivity contribution in [2.45, 2.75) is 58.8 Å². The minimum absolute atomic E-state index is 0.0883. The van der Waals surface area contributed by atoms with Gasteiger partial charge < -0.3 is 5.32 Å². The summed E-state index contributed by atoms with van der Waals surface area (Å²) in [7, 11) is 0. The number of likely N-dealkylation sites (N-methyl/N-ethyl adjacent to an activating group) is 1. The molecular weight excluding hydrogens is 229 g/mol. The molecule has 1 N–H and O–H groups in total. The van der Waals surface area contributed by atoms with Gasteiger partial charge in [-0.05, 0) is 26.8 Å². The molecule has 0 fully saturated rings. The van der Waals surface area contributed by atoms with Gasteiger partial charge in [-0.1, -0.05) is 20.3 Å². The van der Waals surface area contributed by atoms with E-state index < -0.39 is 12.7 Å². The summed E-state index contributed by atoms with van der Waals surface area (Å²) < 4.78 is 37.3. The van der Waals surface area contributed by atoms with Crippen LogP contribution >= 0.6 is 0 Å². The van der Waals surface area contributed by atoms with Crippen molar-refractivity contribution in [3.8, 4) is 0 Å². The highest BCUT2D eigenvalue weighted by Crippen LogP contribution is 2.18. The van der Waals surface area contributed by atoms with Crippen LogP contribution in [0.15, 0.2) is 0 Å². The Morgan fingerprint density at radius 1 is 1.18 bits per heavy atom. The molecule has 0 bridgehead atoms. The number of nitrogens with one attached hydrogen (secondary N) is 1. The highest BCUT2D eigenvalue weighted by Gasteiger charge is 2.32. The fourth-order valence-electron chi connectivity index (χ4n) is 1.87. The smallest absolute Gasteiger partial charge is 0.313 e. The minimum atomic E-state index is -4.12. The Kier molecular flexibility index (Phi) is 7.79. The maximum atomic E-state index is 12.4. The van der Waals surface area contributed by atoms with E-state index in [-0.39, 0.29) is 12.1 Å². The van der Waals surface area contributed by atoms with Crippen molar-refractivity contribution in [2.75, 3.05) is 19.6 Å². The lowest BCUT2D eigenvalue weighted by molar-refractivity contribution is -0.150. The molecule has 0 aliphatic heterocycles. The van der Waals surface area contributed by atoms with Crippen LogP contribution in [0.4, 0.5) is 13.2 Å². The molecule has 2 nitrogen and oxygen atoms in total. The molecule has 0 saturated carbocycles. The van der Waals surface area contributed by atoms with Crippen LogP contribution in [0.5, 0.6) is 0 Å². The van der Waals surface area contributed by atoms with Gasteiger partial charge in [-0.15, -0.1) is 0 Å². The largest absolute Gasteiger partial charge is 0.401 e. The summed E-state index contributed by atoms with van der Waals surface area (Å²) in [5.74, 6) is 0. The van der Waals surface area contributed by atoms with Crippen LogP contribution in [0.1, 0.15) is 40.5 Å². The monoisotopic (exact) mass is 254 g/mol. The number of halogens is 3. The van der Waals surface area contributed by atoms with E-state index >= 15 is 0 Å². The molecule has 0 saturated heterocycles. The van der Waals surface area contributed by atoms with Crippen LogP contribution in [0.3, 0.4) is 0 Å². The fraction of sp³-hybridized carbons (Fsp3) is 1.00. The summed E-state index contributed by atoms with van der Waals surface area (Å²) >= 11 is 0. The summed E-state index contributed by atoms with van der Waals surface area (Å²) in [6.45, 7) is 8.07. The van der Waals surface area contributed by atoms with E-state index in [9.17, 15) is 13.2 Å². The summed E-state index contributed by atoms with van der Waals surface area (Å²) in [6, 6.07) is 0.0596. The lowest BCUT2D eigenvalue weighted by Crippen LogP contribution is -2.47. The molecule has 5 heteroatoms. The first-order valence-corrected chi connectivity index (χ1v) is 6.34. The Morgan fingerprint density at radius 2 is 1.76 bits per heavy atom. The number of alkyl halides is 3. The highest BCUT2D eigenvalue weighted by molar-refractivity contribution is 4.75. The number of rotatable bonds is 8. The second-order valence-electron chi connectivity index (χ2n) is 4.68. The zero-order valence-corrected chi connectivity index (χ0v) is 11.3. The summed E-state index contributed by atoms with van der Waals surface area (Å²) in [6.07, 6.45) is -2.22. The molecule has 0 aliphatic rings. The van der Waals surface area contributed by atoms with Gasteiger partial charge in [0.05, 0.1) is 6.54 Å². The first-order valence-electron chi connectivity index (χ1n) is 6.34. The molecule has 0 rings (SSSR count). The van der Waals surface area contributed by atoms with Crippen molar-refractivity contribution in [2.24, 2.45) is 0 Å². The van der Waals surface area contributed by atoms with Crippen LogP contribution in [-0.2, 0) is 0 Å². The van der Waals surface area contributed by atoms with Gasteiger partial charge in [0, 0.05) is 18.6 Å². The molecule has 0 heterocycles. The molecule has 1 unspecified atom stereocenters. The number of hydrogen-bond acceptors (Lipinski definition) is 2. The van der Waals surface area contributed by atoms with E-state index in [0.29, 0.717) is 6.54 Å². The fourth-order valence-corrected chi connectivity index (χ4v) is 1.87. The van der Waals surface area contributed by atoms with Crippen molar-refractivity contribution in [3.63, 3.8) is 0 Å². The molecule has 0 aliphatic carbocycles. The van der Waals surface area contributed by atoms with Crippen molar-refractivity contribution in [1.29, 1.82) is 0 Å². The Hall–Kier alpha value is -0.290. The van der Waals surface area contributed by atoms with Crippen LogP contribution in [0.2, 0.25) is 0 Å². The van der Waals surface area contributed by atoms with Gasteiger partial charge in [0.1, 0.15) is 0 Å². The Morgan fingerprint density at radius 3 is 2.12 bits per heavy atom. The normalized spacial score (nSPS) is 14.6. The first kappa shape index (κ1) is 16.7. The maximum absolute atomic E-state index is 12.4. The molecule has 17 heavy (non-hydrogen) atoms. The Labute approximate surface area is 103 Å². The Balaban J connectivity index is 4.38. The van der Waals surface area contributed by atoms with Crippen LogP contribution in [0, 0.1) is 0 Å². The van der Waals surface area contributed by atoms with Gasteiger partial charge >= 0.3 is 6.18 Å². The second kappa shape index (κ2) is 7.93. The maximum Gasteiger partial charge on any atom is 0.401 e. The van der Waals surface area contributed by atoms with E-state index in [1.165, 1.54) is 4.90 Å².